The number of furan rings is 1. The Morgan fingerprint density at radius 3 is 2.39 bits per heavy atom. The van der Waals surface area contributed by atoms with Gasteiger partial charge in [0.15, 0.2) is 0 Å². The smallest absolute Gasteiger partial charge is 0.320 e. The molecule has 0 radical (unpaired) electrons. The fraction of sp³-hybridized carbons (Fsp3) is 0.0556. The number of hydrogen-bond donors (Lipinski definition) is 2. The van der Waals surface area contributed by atoms with E-state index < -0.39 is 17.9 Å². The second kappa shape index (κ2) is 6.79. The predicted molar refractivity (Wildman–Crippen MR) is 85.5 cm³/mol. The van der Waals surface area contributed by atoms with E-state index in [1.807, 2.05) is 30.3 Å². The normalized spacial score (nSPS) is 11.7. The lowest BCUT2D eigenvalue weighted by molar-refractivity contribution is 0.248. The molecular weight excluding hydrogens is 295 g/mol. The third-order valence-corrected chi connectivity index (χ3v) is 3.36. The van der Waals surface area contributed by atoms with Gasteiger partial charge in [-0.25, -0.2) is 9.18 Å². The lowest BCUT2D eigenvalue weighted by Gasteiger charge is -2.17. The summed E-state index contributed by atoms with van der Waals surface area (Å²) in [6.45, 7) is 0. The summed E-state index contributed by atoms with van der Waals surface area (Å²) in [5, 5.41) is 5.31. The molecule has 0 fully saturated rings. The lowest BCUT2D eigenvalue weighted by atomic mass is 10.1. The van der Waals surface area contributed by atoms with E-state index in [0.717, 1.165) is 5.56 Å². The summed E-state index contributed by atoms with van der Waals surface area (Å²) in [6.07, 6.45) is 1.54. The van der Waals surface area contributed by atoms with Gasteiger partial charge in [-0.2, -0.15) is 0 Å². The number of urea groups is 1. The Labute approximate surface area is 132 Å². The Bertz CT molecular complexity index is 773. The Morgan fingerprint density at radius 1 is 0.957 bits per heavy atom. The molecule has 3 rings (SSSR count). The largest absolute Gasteiger partial charge is 0.467 e. The van der Waals surface area contributed by atoms with E-state index in [9.17, 15) is 9.18 Å². The number of carbonyl (C=O) groups excluding carboxylic acids is 1. The quantitative estimate of drug-likeness (QED) is 0.753. The maximum absolute atomic E-state index is 13.6. The van der Waals surface area contributed by atoms with E-state index in [-0.39, 0.29) is 5.69 Å². The van der Waals surface area contributed by atoms with Gasteiger partial charge in [0.25, 0.3) is 0 Å². The minimum atomic E-state index is -0.514. The van der Waals surface area contributed by atoms with E-state index in [0.29, 0.717) is 5.76 Å². The van der Waals surface area contributed by atoms with Crippen molar-refractivity contribution in [3.8, 4) is 0 Å². The molecule has 0 saturated carbocycles. The van der Waals surface area contributed by atoms with Gasteiger partial charge in [0.05, 0.1) is 12.0 Å². The molecule has 0 bridgehead atoms. The lowest BCUT2D eigenvalue weighted by Crippen LogP contribution is -2.33. The first kappa shape index (κ1) is 14.8. The molecule has 1 aromatic heterocycles. The van der Waals surface area contributed by atoms with Gasteiger partial charge in [-0.3, -0.25) is 0 Å². The molecule has 116 valence electrons. The van der Waals surface area contributed by atoms with Crippen LogP contribution in [0.25, 0.3) is 0 Å². The van der Waals surface area contributed by atoms with Gasteiger partial charge in [-0.05, 0) is 29.8 Å². The number of anilines is 1. The average Bonchev–Trinajstić information content (AvgIpc) is 3.10. The Hall–Kier alpha value is -3.08. The number of rotatable bonds is 4. The second-order valence-corrected chi connectivity index (χ2v) is 4.94. The molecule has 0 aliphatic rings. The number of hydrogen-bond acceptors (Lipinski definition) is 2. The van der Waals surface area contributed by atoms with Gasteiger partial charge in [-0.1, -0.05) is 42.5 Å². The molecule has 1 unspecified atom stereocenters. The maximum atomic E-state index is 13.6. The van der Waals surface area contributed by atoms with Crippen LogP contribution in [0.1, 0.15) is 17.4 Å². The van der Waals surface area contributed by atoms with Crippen molar-refractivity contribution in [3.63, 3.8) is 0 Å². The molecule has 2 N–H and O–H groups in total. The third-order valence-electron chi connectivity index (χ3n) is 3.36. The maximum Gasteiger partial charge on any atom is 0.320 e. The topological polar surface area (TPSA) is 54.3 Å². The van der Waals surface area contributed by atoms with Crippen molar-refractivity contribution in [1.29, 1.82) is 0 Å². The predicted octanol–water partition coefficient (Wildman–Crippen LogP) is 4.33. The van der Waals surface area contributed by atoms with Gasteiger partial charge in [0.1, 0.15) is 17.6 Å². The third kappa shape index (κ3) is 3.58. The van der Waals surface area contributed by atoms with Crippen molar-refractivity contribution in [3.05, 3.63) is 90.1 Å². The van der Waals surface area contributed by atoms with Crippen molar-refractivity contribution in [2.24, 2.45) is 0 Å². The standard InChI is InChI=1S/C18H15FN2O2/c19-14-9-4-5-10-15(14)20-18(22)21-17(16-11-6-12-23-16)13-7-2-1-3-8-13/h1-12,17H,(H2,20,21,22). The second-order valence-electron chi connectivity index (χ2n) is 4.94. The number of amides is 2. The highest BCUT2D eigenvalue weighted by molar-refractivity contribution is 5.89. The zero-order chi connectivity index (χ0) is 16.1. The highest BCUT2D eigenvalue weighted by Gasteiger charge is 2.19. The summed E-state index contributed by atoms with van der Waals surface area (Å²) < 4.78 is 19.0. The molecular formula is C18H15FN2O2. The van der Waals surface area contributed by atoms with Crippen LogP contribution < -0.4 is 10.6 Å². The molecule has 2 aromatic carbocycles. The Balaban J connectivity index is 1.79. The van der Waals surface area contributed by atoms with E-state index in [4.69, 9.17) is 4.42 Å². The van der Waals surface area contributed by atoms with Crippen LogP contribution in [-0.4, -0.2) is 6.03 Å². The van der Waals surface area contributed by atoms with Crippen LogP contribution in [0.4, 0.5) is 14.9 Å². The molecule has 23 heavy (non-hydrogen) atoms. The zero-order valence-electron chi connectivity index (χ0n) is 12.2. The number of benzene rings is 2. The molecule has 2 amide bonds. The van der Waals surface area contributed by atoms with Crippen molar-refractivity contribution in [1.82, 2.24) is 5.32 Å². The molecule has 0 aliphatic carbocycles. The average molecular weight is 310 g/mol. The van der Waals surface area contributed by atoms with Gasteiger partial charge < -0.3 is 15.1 Å². The van der Waals surface area contributed by atoms with Crippen LogP contribution in [0.5, 0.6) is 0 Å². The van der Waals surface area contributed by atoms with Gasteiger partial charge >= 0.3 is 6.03 Å². The summed E-state index contributed by atoms with van der Waals surface area (Å²) in [6, 6.07) is 18.0. The van der Waals surface area contributed by atoms with Crippen molar-refractivity contribution in [2.45, 2.75) is 6.04 Å². The van der Waals surface area contributed by atoms with Gasteiger partial charge in [-0.15, -0.1) is 0 Å². The first-order chi connectivity index (χ1) is 11.2. The first-order valence-corrected chi connectivity index (χ1v) is 7.14. The van der Waals surface area contributed by atoms with E-state index in [1.54, 1.807) is 30.5 Å². The van der Waals surface area contributed by atoms with E-state index in [2.05, 4.69) is 10.6 Å². The fourth-order valence-corrected chi connectivity index (χ4v) is 2.27. The van der Waals surface area contributed by atoms with Gasteiger partial charge in [0, 0.05) is 0 Å². The minimum absolute atomic E-state index is 0.122. The summed E-state index contributed by atoms with van der Waals surface area (Å²) in [4.78, 5) is 12.2. The summed E-state index contributed by atoms with van der Waals surface area (Å²) in [5.74, 6) is 0.108. The van der Waals surface area contributed by atoms with Crippen molar-refractivity contribution < 1.29 is 13.6 Å². The molecule has 1 atom stereocenters. The molecule has 1 heterocycles. The van der Waals surface area contributed by atoms with Crippen LogP contribution >= 0.6 is 0 Å². The first-order valence-electron chi connectivity index (χ1n) is 7.14. The van der Waals surface area contributed by atoms with Crippen molar-refractivity contribution in [2.75, 3.05) is 5.32 Å². The Kier molecular flexibility index (Phi) is 4.38. The molecule has 5 heteroatoms. The monoisotopic (exact) mass is 310 g/mol. The summed E-state index contributed by atoms with van der Waals surface area (Å²) in [5.41, 5.74) is 0.988. The zero-order valence-corrected chi connectivity index (χ0v) is 12.2. The highest BCUT2D eigenvalue weighted by atomic mass is 19.1. The summed E-state index contributed by atoms with van der Waals surface area (Å²) >= 11 is 0. The number of halogens is 1. The van der Waals surface area contributed by atoms with Crippen LogP contribution in [0.2, 0.25) is 0 Å². The van der Waals surface area contributed by atoms with E-state index in [1.165, 1.54) is 12.1 Å². The number of para-hydroxylation sites is 1. The van der Waals surface area contributed by atoms with E-state index >= 15 is 0 Å². The number of carbonyl (C=O) groups is 1. The molecule has 0 saturated heterocycles. The van der Waals surface area contributed by atoms with Crippen LogP contribution in [0, 0.1) is 5.82 Å². The summed E-state index contributed by atoms with van der Waals surface area (Å²) in [7, 11) is 0. The molecule has 3 aromatic rings. The van der Waals surface area contributed by atoms with Crippen LogP contribution in [0.15, 0.2) is 77.4 Å². The number of nitrogens with one attached hydrogen (secondary N) is 2. The Morgan fingerprint density at radius 2 is 1.70 bits per heavy atom. The molecule has 0 spiro atoms. The minimum Gasteiger partial charge on any atom is -0.467 e. The van der Waals surface area contributed by atoms with Crippen LogP contribution in [0.3, 0.4) is 0 Å². The van der Waals surface area contributed by atoms with Crippen LogP contribution in [-0.2, 0) is 0 Å². The fourth-order valence-electron chi connectivity index (χ4n) is 2.27. The highest BCUT2D eigenvalue weighted by Crippen LogP contribution is 2.22. The van der Waals surface area contributed by atoms with Gasteiger partial charge in [0.2, 0.25) is 0 Å². The molecule has 0 aliphatic heterocycles. The molecule has 4 nitrogen and oxygen atoms in total. The SMILES string of the molecule is O=C(Nc1ccccc1F)NC(c1ccccc1)c1ccco1. The van der Waals surface area contributed by atoms with Crippen molar-refractivity contribution >= 4 is 11.7 Å².